The number of halogens is 1. The molecule has 24 heavy (non-hydrogen) atoms. The van der Waals surface area contributed by atoms with Gasteiger partial charge in [-0.2, -0.15) is 0 Å². The Labute approximate surface area is 150 Å². The molecule has 0 radical (unpaired) electrons. The molecule has 1 saturated heterocycles. The van der Waals surface area contributed by atoms with Crippen molar-refractivity contribution in [3.8, 4) is 0 Å². The zero-order valence-electron chi connectivity index (χ0n) is 14.2. The number of rotatable bonds is 3. The van der Waals surface area contributed by atoms with Gasteiger partial charge in [0.25, 0.3) is 0 Å². The number of likely N-dealkylation sites (tertiary alicyclic amines) is 1. The number of benzene rings is 1. The van der Waals surface area contributed by atoms with E-state index in [1.54, 1.807) is 0 Å². The number of nitrogens with two attached hydrogens (primary N) is 1. The summed E-state index contributed by atoms with van der Waals surface area (Å²) in [6, 6.07) is 9.82. The number of carbonyl (C=O) groups excluding carboxylic acids is 1. The van der Waals surface area contributed by atoms with Crippen LogP contribution >= 0.6 is 12.4 Å². The summed E-state index contributed by atoms with van der Waals surface area (Å²) in [7, 11) is 0. The predicted octanol–water partition coefficient (Wildman–Crippen LogP) is 3.04. The van der Waals surface area contributed by atoms with E-state index in [2.05, 4.69) is 0 Å². The SMILES string of the molecule is Cl.NC1(C(=O)N2CCC(C(O)c3ccccc3)CC2)CCCCC1. The van der Waals surface area contributed by atoms with Crippen molar-refractivity contribution in [2.45, 2.75) is 56.6 Å². The van der Waals surface area contributed by atoms with Crippen LogP contribution in [0.25, 0.3) is 0 Å². The highest BCUT2D eigenvalue weighted by molar-refractivity contribution is 5.86. The molecule has 1 aliphatic heterocycles. The van der Waals surface area contributed by atoms with Gasteiger partial charge >= 0.3 is 0 Å². The molecule has 1 amide bonds. The van der Waals surface area contributed by atoms with E-state index in [0.717, 1.165) is 44.1 Å². The summed E-state index contributed by atoms with van der Waals surface area (Å²) in [5.74, 6) is 0.353. The lowest BCUT2D eigenvalue weighted by molar-refractivity contribution is -0.140. The van der Waals surface area contributed by atoms with Crippen molar-refractivity contribution in [3.63, 3.8) is 0 Å². The van der Waals surface area contributed by atoms with Crippen LogP contribution < -0.4 is 5.73 Å². The lowest BCUT2D eigenvalue weighted by Gasteiger charge is -2.40. The second-order valence-corrected chi connectivity index (χ2v) is 7.20. The molecule has 1 aromatic rings. The molecule has 2 fully saturated rings. The average Bonchev–Trinajstić information content (AvgIpc) is 2.62. The maximum absolute atomic E-state index is 12.8. The van der Waals surface area contributed by atoms with Gasteiger partial charge in [0.1, 0.15) is 0 Å². The second kappa shape index (κ2) is 8.32. The number of nitrogens with zero attached hydrogens (tertiary/aromatic N) is 1. The minimum absolute atomic E-state index is 0. The summed E-state index contributed by atoms with van der Waals surface area (Å²) in [4.78, 5) is 14.7. The van der Waals surface area contributed by atoms with Crippen molar-refractivity contribution >= 4 is 18.3 Å². The predicted molar refractivity (Wildman–Crippen MR) is 98.0 cm³/mol. The number of aliphatic hydroxyl groups excluding tert-OH is 1. The molecular formula is C19H29ClN2O2. The first kappa shape index (κ1) is 19.2. The van der Waals surface area contributed by atoms with E-state index < -0.39 is 11.6 Å². The van der Waals surface area contributed by atoms with E-state index in [1.165, 1.54) is 6.42 Å². The Morgan fingerprint density at radius 3 is 2.29 bits per heavy atom. The van der Waals surface area contributed by atoms with Crippen molar-refractivity contribution in [2.75, 3.05) is 13.1 Å². The highest BCUT2D eigenvalue weighted by atomic mass is 35.5. The molecule has 3 N–H and O–H groups in total. The van der Waals surface area contributed by atoms with Gasteiger partial charge < -0.3 is 15.7 Å². The zero-order chi connectivity index (χ0) is 16.3. The molecule has 5 heteroatoms. The lowest BCUT2D eigenvalue weighted by Crippen LogP contribution is -2.57. The van der Waals surface area contributed by atoms with Crippen molar-refractivity contribution in [2.24, 2.45) is 11.7 Å². The fourth-order valence-corrected chi connectivity index (χ4v) is 4.05. The van der Waals surface area contributed by atoms with Crippen molar-refractivity contribution in [3.05, 3.63) is 35.9 Å². The molecule has 1 atom stereocenters. The molecule has 4 nitrogen and oxygen atoms in total. The normalized spacial score (nSPS) is 22.5. The summed E-state index contributed by atoms with van der Waals surface area (Å²) in [6.07, 6.45) is 6.20. The molecule has 2 aliphatic rings. The van der Waals surface area contributed by atoms with E-state index in [-0.39, 0.29) is 24.2 Å². The first-order chi connectivity index (χ1) is 11.1. The molecule has 0 spiro atoms. The summed E-state index contributed by atoms with van der Waals surface area (Å²) in [6.45, 7) is 1.43. The van der Waals surface area contributed by atoms with Crippen LogP contribution in [0, 0.1) is 5.92 Å². The van der Waals surface area contributed by atoms with Crippen LogP contribution in [0.5, 0.6) is 0 Å². The molecule has 1 unspecified atom stereocenters. The standard InChI is InChI=1S/C19H28N2O2.ClH/c20-19(11-5-2-6-12-19)18(23)21-13-9-16(10-14-21)17(22)15-7-3-1-4-8-15;/h1,3-4,7-8,16-17,22H,2,5-6,9-14,20H2;1H. The van der Waals surface area contributed by atoms with Gasteiger partial charge in [-0.05, 0) is 37.2 Å². The van der Waals surface area contributed by atoms with Crippen LogP contribution in [0.2, 0.25) is 0 Å². The maximum atomic E-state index is 12.8. The van der Waals surface area contributed by atoms with Gasteiger partial charge in [0.05, 0.1) is 11.6 Å². The van der Waals surface area contributed by atoms with Crippen LogP contribution in [0.15, 0.2) is 30.3 Å². The molecule has 1 aromatic carbocycles. The summed E-state index contributed by atoms with van der Waals surface area (Å²) in [5, 5.41) is 10.5. The number of aliphatic hydroxyl groups is 1. The number of hydrogen-bond donors (Lipinski definition) is 2. The van der Waals surface area contributed by atoms with Crippen LogP contribution in [-0.4, -0.2) is 34.5 Å². The van der Waals surface area contributed by atoms with Gasteiger partial charge in [-0.1, -0.05) is 49.6 Å². The summed E-state index contributed by atoms with van der Waals surface area (Å²) < 4.78 is 0. The quantitative estimate of drug-likeness (QED) is 0.878. The Bertz CT molecular complexity index is 523. The van der Waals surface area contributed by atoms with Crippen LogP contribution in [0.4, 0.5) is 0 Å². The monoisotopic (exact) mass is 352 g/mol. The first-order valence-electron chi connectivity index (χ1n) is 8.91. The van der Waals surface area contributed by atoms with Crippen molar-refractivity contribution in [1.82, 2.24) is 4.90 Å². The molecule has 0 aromatic heterocycles. The molecule has 134 valence electrons. The first-order valence-corrected chi connectivity index (χ1v) is 8.91. The van der Waals surface area contributed by atoms with Gasteiger partial charge in [-0.25, -0.2) is 0 Å². The molecule has 0 bridgehead atoms. The molecule has 3 rings (SSSR count). The number of amides is 1. The van der Waals surface area contributed by atoms with Crippen LogP contribution in [0.1, 0.15) is 56.6 Å². The van der Waals surface area contributed by atoms with E-state index >= 15 is 0 Å². The van der Waals surface area contributed by atoms with Crippen LogP contribution in [-0.2, 0) is 4.79 Å². The minimum atomic E-state index is -0.636. The highest BCUT2D eigenvalue weighted by Crippen LogP contribution is 2.33. The van der Waals surface area contributed by atoms with E-state index in [4.69, 9.17) is 5.73 Å². The topological polar surface area (TPSA) is 66.6 Å². The molecule has 1 saturated carbocycles. The third-order valence-electron chi connectivity index (χ3n) is 5.59. The third kappa shape index (κ3) is 4.11. The Balaban J connectivity index is 0.00000208. The fourth-order valence-electron chi connectivity index (χ4n) is 4.05. The van der Waals surface area contributed by atoms with E-state index in [1.807, 2.05) is 35.2 Å². The maximum Gasteiger partial charge on any atom is 0.242 e. The molecule has 1 heterocycles. The highest BCUT2D eigenvalue weighted by Gasteiger charge is 2.39. The van der Waals surface area contributed by atoms with Gasteiger partial charge in [0.15, 0.2) is 0 Å². The van der Waals surface area contributed by atoms with Crippen molar-refractivity contribution in [1.29, 1.82) is 0 Å². The van der Waals surface area contributed by atoms with Gasteiger partial charge in [-0.3, -0.25) is 4.79 Å². The average molecular weight is 353 g/mol. The van der Waals surface area contributed by atoms with E-state index in [9.17, 15) is 9.90 Å². The van der Waals surface area contributed by atoms with E-state index in [0.29, 0.717) is 13.1 Å². The Morgan fingerprint density at radius 1 is 1.12 bits per heavy atom. The minimum Gasteiger partial charge on any atom is -0.388 e. The largest absolute Gasteiger partial charge is 0.388 e. The Kier molecular flexibility index (Phi) is 6.67. The molecular weight excluding hydrogens is 324 g/mol. The Hall–Kier alpha value is -1.10. The van der Waals surface area contributed by atoms with Crippen LogP contribution in [0.3, 0.4) is 0 Å². The summed E-state index contributed by atoms with van der Waals surface area (Å²) in [5.41, 5.74) is 6.71. The fraction of sp³-hybridized carbons (Fsp3) is 0.632. The Morgan fingerprint density at radius 2 is 1.71 bits per heavy atom. The van der Waals surface area contributed by atoms with Crippen molar-refractivity contribution < 1.29 is 9.90 Å². The summed E-state index contributed by atoms with van der Waals surface area (Å²) >= 11 is 0. The second-order valence-electron chi connectivity index (χ2n) is 7.20. The lowest BCUT2D eigenvalue weighted by atomic mass is 9.80. The number of piperidine rings is 1. The van der Waals surface area contributed by atoms with Gasteiger partial charge in [-0.15, -0.1) is 12.4 Å². The van der Waals surface area contributed by atoms with Gasteiger partial charge in [0.2, 0.25) is 5.91 Å². The number of carbonyl (C=O) groups is 1. The molecule has 1 aliphatic carbocycles. The third-order valence-corrected chi connectivity index (χ3v) is 5.59. The smallest absolute Gasteiger partial charge is 0.242 e. The van der Waals surface area contributed by atoms with Gasteiger partial charge in [0, 0.05) is 13.1 Å². The number of hydrogen-bond acceptors (Lipinski definition) is 3. The zero-order valence-corrected chi connectivity index (χ0v) is 15.0.